The molecule has 0 bridgehead atoms. The van der Waals surface area contributed by atoms with Gasteiger partial charge < -0.3 is 10.4 Å². The van der Waals surface area contributed by atoms with E-state index in [-0.39, 0.29) is 5.91 Å². The predicted molar refractivity (Wildman–Crippen MR) is 85.7 cm³/mol. The van der Waals surface area contributed by atoms with Crippen LogP contribution >= 0.6 is 0 Å². The number of hydrogen-bond donors (Lipinski definition) is 2. The van der Waals surface area contributed by atoms with Crippen LogP contribution in [0.25, 0.3) is 0 Å². The number of carbonyl (C=O) groups excluding carboxylic acids is 1. The van der Waals surface area contributed by atoms with Crippen LogP contribution in [0.4, 0.5) is 0 Å². The number of carboxylic acid groups (broad SMARTS) is 1. The molecule has 4 heteroatoms. The van der Waals surface area contributed by atoms with Crippen LogP contribution in [0.1, 0.15) is 63.4 Å². The summed E-state index contributed by atoms with van der Waals surface area (Å²) in [5.74, 6) is -0.747. The van der Waals surface area contributed by atoms with Gasteiger partial charge in [-0.2, -0.15) is 0 Å². The Morgan fingerprint density at radius 3 is 2.41 bits per heavy atom. The lowest BCUT2D eigenvalue weighted by atomic mass is 9.81. The first-order chi connectivity index (χ1) is 10.5. The minimum atomic E-state index is -1.04. The van der Waals surface area contributed by atoms with Crippen LogP contribution in [0, 0.1) is 0 Å². The lowest BCUT2D eigenvalue weighted by Crippen LogP contribution is -2.55. The lowest BCUT2D eigenvalue weighted by Gasteiger charge is -2.34. The number of amides is 1. The normalized spacial score (nSPS) is 18.4. The fourth-order valence-electron chi connectivity index (χ4n) is 3.17. The largest absolute Gasteiger partial charge is 0.480 e. The van der Waals surface area contributed by atoms with Crippen LogP contribution in [0.3, 0.4) is 0 Å². The molecule has 120 valence electrons. The Kier molecular flexibility index (Phi) is 5.58. The van der Waals surface area contributed by atoms with E-state index in [0.717, 1.165) is 25.7 Å². The van der Waals surface area contributed by atoms with Crippen molar-refractivity contribution in [3.8, 4) is 0 Å². The van der Waals surface area contributed by atoms with Gasteiger partial charge in [0.1, 0.15) is 5.54 Å². The van der Waals surface area contributed by atoms with Gasteiger partial charge >= 0.3 is 5.97 Å². The van der Waals surface area contributed by atoms with Crippen LogP contribution < -0.4 is 5.32 Å². The summed E-state index contributed by atoms with van der Waals surface area (Å²) in [6.07, 6.45) is 4.97. The summed E-state index contributed by atoms with van der Waals surface area (Å²) < 4.78 is 0. The highest BCUT2D eigenvalue weighted by atomic mass is 16.4. The highest BCUT2D eigenvalue weighted by Crippen LogP contribution is 2.29. The number of rotatable bonds is 6. The van der Waals surface area contributed by atoms with E-state index in [4.69, 9.17) is 0 Å². The first-order valence-corrected chi connectivity index (χ1v) is 8.13. The van der Waals surface area contributed by atoms with Crippen molar-refractivity contribution in [2.75, 3.05) is 0 Å². The molecule has 1 fully saturated rings. The van der Waals surface area contributed by atoms with Crippen molar-refractivity contribution in [2.45, 2.75) is 63.3 Å². The van der Waals surface area contributed by atoms with Gasteiger partial charge in [0.2, 0.25) is 5.91 Å². The second-order valence-corrected chi connectivity index (χ2v) is 6.35. The quantitative estimate of drug-likeness (QED) is 0.845. The summed E-state index contributed by atoms with van der Waals surface area (Å²) >= 11 is 0. The van der Waals surface area contributed by atoms with Crippen molar-refractivity contribution in [1.82, 2.24) is 5.32 Å². The molecule has 2 rings (SSSR count). The lowest BCUT2D eigenvalue weighted by molar-refractivity contribution is -0.149. The molecule has 0 aliphatic heterocycles. The van der Waals surface area contributed by atoms with E-state index in [9.17, 15) is 14.7 Å². The maximum absolute atomic E-state index is 12.2. The zero-order valence-corrected chi connectivity index (χ0v) is 13.2. The summed E-state index contributed by atoms with van der Waals surface area (Å²) in [4.78, 5) is 23.7. The summed E-state index contributed by atoms with van der Waals surface area (Å²) in [5.41, 5.74) is 0.173. The van der Waals surface area contributed by atoms with Crippen LogP contribution in [0.15, 0.2) is 30.3 Å². The third-order valence-corrected chi connectivity index (χ3v) is 4.67. The smallest absolute Gasteiger partial charge is 0.329 e. The highest BCUT2D eigenvalue weighted by molar-refractivity contribution is 5.87. The number of carbonyl (C=O) groups is 2. The Hall–Kier alpha value is -1.84. The van der Waals surface area contributed by atoms with E-state index in [1.165, 1.54) is 5.56 Å². The van der Waals surface area contributed by atoms with Gasteiger partial charge in [0.05, 0.1) is 0 Å². The van der Waals surface area contributed by atoms with Gasteiger partial charge in [-0.15, -0.1) is 0 Å². The van der Waals surface area contributed by atoms with Crippen molar-refractivity contribution in [3.63, 3.8) is 0 Å². The number of benzene rings is 1. The first-order valence-electron chi connectivity index (χ1n) is 8.13. The molecule has 0 spiro atoms. The van der Waals surface area contributed by atoms with Gasteiger partial charge in [-0.1, -0.05) is 56.5 Å². The monoisotopic (exact) mass is 303 g/mol. The molecule has 4 nitrogen and oxygen atoms in total. The van der Waals surface area contributed by atoms with Gasteiger partial charge in [-0.05, 0) is 30.7 Å². The molecule has 1 saturated carbocycles. The topological polar surface area (TPSA) is 66.4 Å². The first kappa shape index (κ1) is 16.5. The van der Waals surface area contributed by atoms with Crippen molar-refractivity contribution in [3.05, 3.63) is 35.9 Å². The van der Waals surface area contributed by atoms with Gasteiger partial charge in [0.25, 0.3) is 0 Å². The van der Waals surface area contributed by atoms with E-state index in [1.54, 1.807) is 0 Å². The second-order valence-electron chi connectivity index (χ2n) is 6.35. The number of hydrogen-bond acceptors (Lipinski definition) is 2. The van der Waals surface area contributed by atoms with E-state index in [2.05, 4.69) is 24.4 Å². The zero-order valence-electron chi connectivity index (χ0n) is 13.2. The van der Waals surface area contributed by atoms with E-state index in [0.29, 0.717) is 25.2 Å². The van der Waals surface area contributed by atoms with Gasteiger partial charge in [-0.25, -0.2) is 4.79 Å². The number of nitrogens with one attached hydrogen (secondary N) is 1. The Bertz CT molecular complexity index is 506. The molecule has 1 aliphatic rings. The molecule has 1 atom stereocenters. The molecule has 0 saturated heterocycles. The summed E-state index contributed by atoms with van der Waals surface area (Å²) in [6, 6.07) is 10.1. The third-order valence-electron chi connectivity index (χ3n) is 4.67. The average molecular weight is 303 g/mol. The summed E-state index contributed by atoms with van der Waals surface area (Å²) in [6.45, 7) is 2.09. The Balaban J connectivity index is 1.88. The fourth-order valence-corrected chi connectivity index (χ4v) is 3.17. The average Bonchev–Trinajstić information content (AvgIpc) is 2.54. The Morgan fingerprint density at radius 2 is 1.82 bits per heavy atom. The fraction of sp³-hybridized carbons (Fsp3) is 0.556. The molecule has 1 amide bonds. The molecular formula is C18H25NO3. The van der Waals surface area contributed by atoms with E-state index in [1.807, 2.05) is 18.2 Å². The van der Waals surface area contributed by atoms with Crippen molar-refractivity contribution < 1.29 is 14.7 Å². The molecule has 22 heavy (non-hydrogen) atoms. The molecule has 0 heterocycles. The van der Waals surface area contributed by atoms with Crippen molar-refractivity contribution >= 4 is 11.9 Å². The van der Waals surface area contributed by atoms with Gasteiger partial charge in [0, 0.05) is 6.42 Å². The highest BCUT2D eigenvalue weighted by Gasteiger charge is 2.40. The Morgan fingerprint density at radius 1 is 1.18 bits per heavy atom. The van der Waals surface area contributed by atoms with Crippen LogP contribution in [0.5, 0.6) is 0 Å². The summed E-state index contributed by atoms with van der Waals surface area (Å²) in [7, 11) is 0. The standard InChI is InChI=1S/C18H25NO3/c1-14(15-8-4-2-5-9-15)10-11-16(20)19-18(17(21)22)12-6-3-7-13-18/h2,4-5,8-9,14H,3,6-7,10-13H2,1H3,(H,19,20)(H,21,22). The van der Waals surface area contributed by atoms with Crippen LogP contribution in [-0.2, 0) is 9.59 Å². The third kappa shape index (κ3) is 4.09. The molecule has 1 aliphatic carbocycles. The van der Waals surface area contributed by atoms with Crippen molar-refractivity contribution in [2.24, 2.45) is 0 Å². The molecule has 1 unspecified atom stereocenters. The predicted octanol–water partition coefficient (Wildman–Crippen LogP) is 3.47. The van der Waals surface area contributed by atoms with E-state index >= 15 is 0 Å². The zero-order chi connectivity index (χ0) is 16.0. The van der Waals surface area contributed by atoms with Crippen LogP contribution in [-0.4, -0.2) is 22.5 Å². The minimum absolute atomic E-state index is 0.146. The van der Waals surface area contributed by atoms with Crippen LogP contribution in [0.2, 0.25) is 0 Å². The molecule has 2 N–H and O–H groups in total. The maximum atomic E-state index is 12.2. The molecule has 0 aromatic heterocycles. The molecule has 1 aromatic rings. The second kappa shape index (κ2) is 7.43. The van der Waals surface area contributed by atoms with E-state index < -0.39 is 11.5 Å². The number of carboxylic acids is 1. The maximum Gasteiger partial charge on any atom is 0.329 e. The van der Waals surface area contributed by atoms with Gasteiger partial charge in [0.15, 0.2) is 0 Å². The number of aliphatic carboxylic acids is 1. The van der Waals surface area contributed by atoms with Crippen molar-refractivity contribution in [1.29, 1.82) is 0 Å². The SMILES string of the molecule is CC(CCC(=O)NC1(C(=O)O)CCCCC1)c1ccccc1. The van der Waals surface area contributed by atoms with Gasteiger partial charge in [-0.3, -0.25) is 4.79 Å². The molecular weight excluding hydrogens is 278 g/mol. The minimum Gasteiger partial charge on any atom is -0.480 e. The molecule has 0 radical (unpaired) electrons. The Labute approximate surface area is 131 Å². The molecule has 1 aromatic carbocycles. The summed E-state index contributed by atoms with van der Waals surface area (Å²) in [5, 5.41) is 12.3.